The molecule has 0 saturated carbocycles. The highest BCUT2D eigenvalue weighted by molar-refractivity contribution is 6.00. The summed E-state index contributed by atoms with van der Waals surface area (Å²) in [6.45, 7) is 5.01. The minimum atomic E-state index is -0.476. The highest BCUT2D eigenvalue weighted by atomic mass is 16.7. The maximum absolute atomic E-state index is 12.9. The molecule has 3 heterocycles. The van der Waals surface area contributed by atoms with Gasteiger partial charge in [0, 0.05) is 44.6 Å². The molecule has 6 nitrogen and oxygen atoms in total. The van der Waals surface area contributed by atoms with Crippen LogP contribution in [0.5, 0.6) is 0 Å². The van der Waals surface area contributed by atoms with Crippen molar-refractivity contribution in [3.63, 3.8) is 0 Å². The van der Waals surface area contributed by atoms with E-state index in [2.05, 4.69) is 0 Å². The van der Waals surface area contributed by atoms with Crippen LogP contribution in [0.4, 0.5) is 5.69 Å². The minimum Gasteiger partial charge on any atom is -0.347 e. The monoisotopic (exact) mass is 344 g/mol. The van der Waals surface area contributed by atoms with Gasteiger partial charge in [0.25, 0.3) is 0 Å². The van der Waals surface area contributed by atoms with Gasteiger partial charge < -0.3 is 19.3 Å². The molecule has 3 aliphatic rings. The Morgan fingerprint density at radius 3 is 2.60 bits per heavy atom. The Morgan fingerprint density at radius 2 is 1.92 bits per heavy atom. The second-order valence-electron chi connectivity index (χ2n) is 7.18. The number of carbonyl (C=O) groups is 2. The lowest BCUT2D eigenvalue weighted by Crippen LogP contribution is -2.49. The van der Waals surface area contributed by atoms with Gasteiger partial charge in [-0.2, -0.15) is 0 Å². The quantitative estimate of drug-likeness (QED) is 0.820. The van der Waals surface area contributed by atoms with Crippen molar-refractivity contribution < 1.29 is 19.1 Å². The molecule has 1 aromatic rings. The van der Waals surface area contributed by atoms with Gasteiger partial charge in [-0.3, -0.25) is 9.59 Å². The lowest BCUT2D eigenvalue weighted by atomic mass is 10.0. The topological polar surface area (TPSA) is 59.1 Å². The Hall–Kier alpha value is -1.92. The van der Waals surface area contributed by atoms with Crippen LogP contribution in [0.3, 0.4) is 0 Å². The van der Waals surface area contributed by atoms with Crippen molar-refractivity contribution in [2.75, 3.05) is 37.7 Å². The third-order valence-electron chi connectivity index (χ3n) is 5.44. The zero-order chi connectivity index (χ0) is 17.4. The van der Waals surface area contributed by atoms with Gasteiger partial charge in [-0.1, -0.05) is 12.1 Å². The number of hydrogen-bond donors (Lipinski definition) is 0. The van der Waals surface area contributed by atoms with Gasteiger partial charge in [-0.15, -0.1) is 0 Å². The summed E-state index contributed by atoms with van der Waals surface area (Å²) >= 11 is 0. The first-order valence-electron chi connectivity index (χ1n) is 9.00. The van der Waals surface area contributed by atoms with Crippen LogP contribution < -0.4 is 4.90 Å². The summed E-state index contributed by atoms with van der Waals surface area (Å²) in [6, 6.07) is 7.86. The smallest absolute Gasteiger partial charge is 0.228 e. The van der Waals surface area contributed by atoms with E-state index in [1.807, 2.05) is 36.1 Å². The first-order chi connectivity index (χ1) is 12.1. The molecule has 0 radical (unpaired) electrons. The molecule has 3 saturated heterocycles. The highest BCUT2D eigenvalue weighted by Gasteiger charge is 2.43. The molecule has 2 amide bonds. The molecule has 0 unspecified atom stereocenters. The fraction of sp³-hybridized carbons (Fsp3) is 0.579. The summed E-state index contributed by atoms with van der Waals surface area (Å²) in [4.78, 5) is 28.9. The predicted octanol–water partition coefficient (Wildman–Crippen LogP) is 1.71. The van der Waals surface area contributed by atoms with Crippen LogP contribution in [0.1, 0.15) is 24.8 Å². The molecule has 3 aliphatic heterocycles. The van der Waals surface area contributed by atoms with Gasteiger partial charge in [0.05, 0.1) is 19.1 Å². The van der Waals surface area contributed by atoms with Crippen molar-refractivity contribution in [1.82, 2.24) is 4.90 Å². The summed E-state index contributed by atoms with van der Waals surface area (Å²) in [7, 11) is 0. The zero-order valence-electron chi connectivity index (χ0n) is 14.6. The van der Waals surface area contributed by atoms with Crippen LogP contribution >= 0.6 is 0 Å². The summed E-state index contributed by atoms with van der Waals surface area (Å²) < 4.78 is 11.4. The Balaban J connectivity index is 1.39. The number of amides is 2. The fourth-order valence-corrected chi connectivity index (χ4v) is 4.03. The lowest BCUT2D eigenvalue weighted by Gasteiger charge is -2.38. The first-order valence-corrected chi connectivity index (χ1v) is 9.00. The first kappa shape index (κ1) is 16.5. The number of rotatable bonds is 2. The lowest BCUT2D eigenvalue weighted by molar-refractivity contribution is -0.188. The number of anilines is 1. The molecular weight excluding hydrogens is 320 g/mol. The van der Waals surface area contributed by atoms with Crippen LogP contribution in [0, 0.1) is 12.8 Å². The molecule has 6 heteroatoms. The summed E-state index contributed by atoms with van der Waals surface area (Å²) in [6.07, 6.45) is 1.71. The Bertz CT molecular complexity index is 674. The van der Waals surface area contributed by atoms with Gasteiger partial charge in [-0.05, 0) is 24.6 Å². The van der Waals surface area contributed by atoms with Crippen molar-refractivity contribution in [2.24, 2.45) is 5.92 Å². The van der Waals surface area contributed by atoms with Gasteiger partial charge >= 0.3 is 0 Å². The molecule has 1 atom stereocenters. The molecule has 25 heavy (non-hydrogen) atoms. The van der Waals surface area contributed by atoms with Crippen molar-refractivity contribution in [3.8, 4) is 0 Å². The van der Waals surface area contributed by atoms with Crippen molar-refractivity contribution in [1.29, 1.82) is 0 Å². The molecule has 134 valence electrons. The second kappa shape index (κ2) is 6.42. The molecular formula is C19H24N2O4. The highest BCUT2D eigenvalue weighted by Crippen LogP contribution is 2.33. The molecule has 1 aromatic carbocycles. The summed E-state index contributed by atoms with van der Waals surface area (Å²) in [5, 5.41) is 0. The number of hydrogen-bond acceptors (Lipinski definition) is 4. The summed E-state index contributed by atoms with van der Waals surface area (Å²) in [5.41, 5.74) is 1.99. The van der Waals surface area contributed by atoms with E-state index in [9.17, 15) is 9.59 Å². The average molecular weight is 344 g/mol. The number of ether oxygens (including phenoxy) is 2. The predicted molar refractivity (Wildman–Crippen MR) is 92.1 cm³/mol. The maximum Gasteiger partial charge on any atom is 0.228 e. The third kappa shape index (κ3) is 3.16. The molecule has 4 rings (SSSR count). The van der Waals surface area contributed by atoms with E-state index >= 15 is 0 Å². The van der Waals surface area contributed by atoms with Gasteiger partial charge in [-0.25, -0.2) is 0 Å². The van der Waals surface area contributed by atoms with Gasteiger partial charge in [0.2, 0.25) is 11.8 Å². The number of nitrogens with zero attached hydrogens (tertiary/aromatic N) is 2. The molecule has 1 spiro atoms. The van der Waals surface area contributed by atoms with E-state index in [1.165, 1.54) is 0 Å². The van der Waals surface area contributed by atoms with Crippen molar-refractivity contribution >= 4 is 17.5 Å². The average Bonchev–Trinajstić information content (AvgIpc) is 3.22. The zero-order valence-corrected chi connectivity index (χ0v) is 14.6. The molecule has 0 N–H and O–H groups in total. The largest absolute Gasteiger partial charge is 0.347 e. The van der Waals surface area contributed by atoms with Gasteiger partial charge in [0.15, 0.2) is 5.79 Å². The number of piperidine rings is 1. The molecule has 0 bridgehead atoms. The Labute approximate surface area is 147 Å². The van der Waals surface area contributed by atoms with E-state index in [4.69, 9.17) is 9.47 Å². The van der Waals surface area contributed by atoms with Crippen LogP contribution in [-0.2, 0) is 19.1 Å². The molecule has 3 fully saturated rings. The van der Waals surface area contributed by atoms with E-state index in [0.29, 0.717) is 52.1 Å². The van der Waals surface area contributed by atoms with Crippen LogP contribution in [-0.4, -0.2) is 55.3 Å². The standard InChI is InChI=1S/C19H24N2O4/c1-14-3-2-4-16(11-14)21-13-15(12-17(21)22)18(23)20-7-5-19(6-8-20)24-9-10-25-19/h2-4,11,15H,5-10,12-13H2,1H3/t15-/m1/s1. The minimum absolute atomic E-state index is 0.0277. The third-order valence-corrected chi connectivity index (χ3v) is 5.44. The van der Waals surface area contributed by atoms with E-state index < -0.39 is 5.79 Å². The normalized spacial score (nSPS) is 25.8. The number of likely N-dealkylation sites (tertiary alicyclic amines) is 1. The second-order valence-corrected chi connectivity index (χ2v) is 7.18. The Morgan fingerprint density at radius 1 is 1.20 bits per heavy atom. The SMILES string of the molecule is Cc1cccc(N2C[C@H](C(=O)N3CCC4(CC3)OCCO4)CC2=O)c1. The van der Waals surface area contributed by atoms with E-state index in [0.717, 1.165) is 11.3 Å². The number of carbonyl (C=O) groups excluding carboxylic acids is 2. The molecule has 0 aliphatic carbocycles. The number of benzene rings is 1. The number of aryl methyl sites for hydroxylation is 1. The van der Waals surface area contributed by atoms with Gasteiger partial charge in [0.1, 0.15) is 0 Å². The van der Waals surface area contributed by atoms with E-state index in [-0.39, 0.29) is 17.7 Å². The Kier molecular flexibility index (Phi) is 4.25. The van der Waals surface area contributed by atoms with Crippen LogP contribution in [0.25, 0.3) is 0 Å². The van der Waals surface area contributed by atoms with Crippen LogP contribution in [0.2, 0.25) is 0 Å². The van der Waals surface area contributed by atoms with Crippen molar-refractivity contribution in [2.45, 2.75) is 32.0 Å². The van der Waals surface area contributed by atoms with Crippen LogP contribution in [0.15, 0.2) is 24.3 Å². The van der Waals surface area contributed by atoms with Crippen molar-refractivity contribution in [3.05, 3.63) is 29.8 Å². The summed E-state index contributed by atoms with van der Waals surface area (Å²) in [5.74, 6) is -0.626. The fourth-order valence-electron chi connectivity index (χ4n) is 4.03. The maximum atomic E-state index is 12.9. The van der Waals surface area contributed by atoms with E-state index in [1.54, 1.807) is 4.90 Å². The molecule has 0 aromatic heterocycles.